The fourth-order valence-electron chi connectivity index (χ4n) is 4.06. The van der Waals surface area contributed by atoms with Crippen LogP contribution in [0.1, 0.15) is 56.3 Å². The van der Waals surface area contributed by atoms with Gasteiger partial charge in [-0.15, -0.1) is 0 Å². The maximum Gasteiger partial charge on any atom is 0.408 e. The number of nitrogens with zero attached hydrogens (tertiary/aromatic N) is 1. The molecule has 0 aliphatic heterocycles. The first-order chi connectivity index (χ1) is 17.4. The molecule has 9 heteroatoms. The number of hydrogen-bond acceptors (Lipinski definition) is 6. The Balaban J connectivity index is 1.97. The molecular weight excluding hydrogens is 474 g/mol. The number of carbonyl (C=O) groups excluding carboxylic acids is 3. The number of aryl methyl sites for hydroxylation is 1. The summed E-state index contributed by atoms with van der Waals surface area (Å²) >= 11 is 0. The maximum absolute atomic E-state index is 13.8. The van der Waals surface area contributed by atoms with Gasteiger partial charge in [0.25, 0.3) is 5.91 Å². The molecule has 37 heavy (non-hydrogen) atoms. The minimum absolute atomic E-state index is 0.200. The largest absolute Gasteiger partial charge is 0.497 e. The van der Waals surface area contributed by atoms with E-state index in [2.05, 4.69) is 10.6 Å². The molecule has 0 bridgehead atoms. The fourth-order valence-corrected chi connectivity index (χ4v) is 4.06. The number of benzene rings is 2. The van der Waals surface area contributed by atoms with E-state index in [1.165, 1.54) is 4.90 Å². The number of rotatable bonds is 9. The Morgan fingerprint density at radius 3 is 2.27 bits per heavy atom. The Morgan fingerprint density at radius 1 is 1.08 bits per heavy atom. The summed E-state index contributed by atoms with van der Waals surface area (Å²) in [7, 11) is 1.56. The van der Waals surface area contributed by atoms with Crippen molar-refractivity contribution < 1.29 is 29.0 Å². The maximum atomic E-state index is 13.8. The fraction of sp³-hybridized carbons (Fsp3) is 0.464. The molecule has 2 atom stereocenters. The van der Waals surface area contributed by atoms with Gasteiger partial charge in [-0.2, -0.15) is 0 Å². The highest BCUT2D eigenvalue weighted by Gasteiger charge is 2.44. The van der Waals surface area contributed by atoms with Crippen LogP contribution in [0.25, 0.3) is 0 Å². The second kappa shape index (κ2) is 11.6. The van der Waals surface area contributed by atoms with Crippen LogP contribution in [0.3, 0.4) is 0 Å². The lowest BCUT2D eigenvalue weighted by Crippen LogP contribution is -2.54. The van der Waals surface area contributed by atoms with Gasteiger partial charge in [-0.05, 0) is 88.4 Å². The Labute approximate surface area is 218 Å². The number of nitrogens with one attached hydrogen (secondary N) is 2. The SMILES string of the molecule is COc1ccc(NC(=O)C(c2cccc(C)c2C)N(C(=O)C(CO)NC(=O)OC(C)(C)C)C2CC2)cc1. The number of alkyl carbamates (subject to hydrolysis) is 1. The number of hydrogen-bond donors (Lipinski definition) is 3. The number of carbonyl (C=O) groups is 3. The molecule has 0 aromatic heterocycles. The molecule has 2 aromatic rings. The molecule has 0 saturated heterocycles. The summed E-state index contributed by atoms with van der Waals surface area (Å²) in [5.41, 5.74) is 2.32. The molecule has 3 rings (SSSR count). The second-order valence-corrected chi connectivity index (χ2v) is 10.3. The van der Waals surface area contributed by atoms with Gasteiger partial charge in [-0.3, -0.25) is 9.59 Å². The predicted molar refractivity (Wildman–Crippen MR) is 140 cm³/mol. The molecule has 1 aliphatic rings. The third kappa shape index (κ3) is 7.22. The molecule has 2 aromatic carbocycles. The zero-order valence-electron chi connectivity index (χ0n) is 22.3. The highest BCUT2D eigenvalue weighted by Crippen LogP contribution is 2.37. The molecule has 200 valence electrons. The minimum atomic E-state index is -1.27. The van der Waals surface area contributed by atoms with Gasteiger partial charge in [0.15, 0.2) is 0 Å². The monoisotopic (exact) mass is 511 g/mol. The zero-order chi connectivity index (χ0) is 27.3. The van der Waals surface area contributed by atoms with Crippen molar-refractivity contribution in [2.75, 3.05) is 19.0 Å². The van der Waals surface area contributed by atoms with Gasteiger partial charge in [0.2, 0.25) is 5.91 Å². The van der Waals surface area contributed by atoms with E-state index < -0.39 is 42.2 Å². The number of methoxy groups -OCH3 is 1. The molecule has 3 N–H and O–H groups in total. The van der Waals surface area contributed by atoms with Crippen LogP contribution in [-0.4, -0.2) is 59.3 Å². The average molecular weight is 512 g/mol. The topological polar surface area (TPSA) is 117 Å². The number of amides is 3. The first-order valence-corrected chi connectivity index (χ1v) is 12.4. The number of anilines is 1. The van der Waals surface area contributed by atoms with E-state index in [1.54, 1.807) is 52.1 Å². The number of ether oxygens (including phenoxy) is 2. The van der Waals surface area contributed by atoms with Crippen molar-refractivity contribution in [2.45, 2.75) is 71.2 Å². The lowest BCUT2D eigenvalue weighted by atomic mass is 9.95. The van der Waals surface area contributed by atoms with Crippen molar-refractivity contribution in [3.8, 4) is 5.75 Å². The van der Waals surface area contributed by atoms with Crippen LogP contribution in [-0.2, 0) is 14.3 Å². The average Bonchev–Trinajstić information content (AvgIpc) is 3.67. The Bertz CT molecular complexity index is 1120. The Hall–Kier alpha value is -3.59. The molecule has 0 spiro atoms. The van der Waals surface area contributed by atoms with Crippen molar-refractivity contribution in [2.24, 2.45) is 0 Å². The second-order valence-electron chi connectivity index (χ2n) is 10.3. The lowest BCUT2D eigenvalue weighted by molar-refractivity contribution is -0.142. The van der Waals surface area contributed by atoms with E-state index in [0.29, 0.717) is 29.8 Å². The van der Waals surface area contributed by atoms with Gasteiger partial charge in [0, 0.05) is 11.7 Å². The van der Waals surface area contributed by atoms with E-state index in [0.717, 1.165) is 11.1 Å². The van der Waals surface area contributed by atoms with Crippen molar-refractivity contribution in [3.05, 3.63) is 59.2 Å². The molecule has 1 saturated carbocycles. The van der Waals surface area contributed by atoms with Crippen LogP contribution in [0, 0.1) is 13.8 Å². The van der Waals surface area contributed by atoms with Crippen molar-refractivity contribution in [3.63, 3.8) is 0 Å². The number of aliphatic hydroxyl groups is 1. The summed E-state index contributed by atoms with van der Waals surface area (Å²) in [6.07, 6.45) is 0.614. The van der Waals surface area contributed by atoms with Gasteiger partial charge in [0.1, 0.15) is 23.4 Å². The molecule has 1 aliphatic carbocycles. The summed E-state index contributed by atoms with van der Waals surface area (Å²) in [4.78, 5) is 41.5. The summed E-state index contributed by atoms with van der Waals surface area (Å²) < 4.78 is 10.5. The minimum Gasteiger partial charge on any atom is -0.497 e. The Kier molecular flexibility index (Phi) is 8.81. The first kappa shape index (κ1) is 28.0. The summed E-state index contributed by atoms with van der Waals surface area (Å²) in [5, 5.41) is 15.4. The van der Waals surface area contributed by atoms with Crippen molar-refractivity contribution in [1.29, 1.82) is 0 Å². The smallest absolute Gasteiger partial charge is 0.408 e. The standard InChI is InChI=1S/C28H37N3O6/c1-17-8-7-9-22(18(17)2)24(25(33)29-19-10-14-21(36-6)15-11-19)31(20-12-13-20)26(34)23(16-32)30-27(35)37-28(3,4)5/h7-11,14-15,20,23-24,32H,12-13,16H2,1-6H3,(H,29,33)(H,30,35). The van der Waals surface area contributed by atoms with Crippen LogP contribution >= 0.6 is 0 Å². The van der Waals surface area contributed by atoms with Gasteiger partial charge >= 0.3 is 6.09 Å². The highest BCUT2D eigenvalue weighted by atomic mass is 16.6. The van der Waals surface area contributed by atoms with Crippen LogP contribution in [0.2, 0.25) is 0 Å². The van der Waals surface area contributed by atoms with Gasteiger partial charge in [-0.1, -0.05) is 18.2 Å². The summed E-state index contributed by atoms with van der Waals surface area (Å²) in [6.45, 7) is 8.34. The molecule has 0 radical (unpaired) electrons. The van der Waals surface area contributed by atoms with Crippen molar-refractivity contribution >= 4 is 23.6 Å². The normalized spacial score (nSPS) is 14.8. The van der Waals surface area contributed by atoms with E-state index in [1.807, 2.05) is 32.0 Å². The van der Waals surface area contributed by atoms with Gasteiger partial charge < -0.3 is 30.1 Å². The number of aliphatic hydroxyl groups excluding tert-OH is 1. The van der Waals surface area contributed by atoms with Crippen LogP contribution < -0.4 is 15.4 Å². The zero-order valence-corrected chi connectivity index (χ0v) is 22.3. The molecule has 1 fully saturated rings. The lowest BCUT2D eigenvalue weighted by Gasteiger charge is -2.35. The summed E-state index contributed by atoms with van der Waals surface area (Å²) in [5.74, 6) is -0.294. The molecule has 2 unspecified atom stereocenters. The van der Waals surface area contributed by atoms with Crippen LogP contribution in [0.5, 0.6) is 5.75 Å². The highest BCUT2D eigenvalue weighted by molar-refractivity contribution is 5.99. The van der Waals surface area contributed by atoms with Crippen LogP contribution in [0.4, 0.5) is 10.5 Å². The molecule has 9 nitrogen and oxygen atoms in total. The van der Waals surface area contributed by atoms with Crippen molar-refractivity contribution in [1.82, 2.24) is 10.2 Å². The van der Waals surface area contributed by atoms with Gasteiger partial charge in [0.05, 0.1) is 13.7 Å². The van der Waals surface area contributed by atoms with Gasteiger partial charge in [-0.25, -0.2) is 4.79 Å². The predicted octanol–water partition coefficient (Wildman–Crippen LogP) is 3.87. The molecule has 3 amide bonds. The molecular formula is C28H37N3O6. The van der Waals surface area contributed by atoms with E-state index in [4.69, 9.17) is 9.47 Å². The quantitative estimate of drug-likeness (QED) is 0.471. The Morgan fingerprint density at radius 2 is 1.73 bits per heavy atom. The first-order valence-electron chi connectivity index (χ1n) is 12.4. The van der Waals surface area contributed by atoms with E-state index in [-0.39, 0.29) is 6.04 Å². The van der Waals surface area contributed by atoms with E-state index >= 15 is 0 Å². The summed E-state index contributed by atoms with van der Waals surface area (Å²) in [6, 6.07) is 10.1. The van der Waals surface area contributed by atoms with E-state index in [9.17, 15) is 19.5 Å². The molecule has 0 heterocycles. The van der Waals surface area contributed by atoms with Crippen LogP contribution in [0.15, 0.2) is 42.5 Å². The third-order valence-electron chi connectivity index (χ3n) is 6.19. The third-order valence-corrected chi connectivity index (χ3v) is 6.19.